The second-order valence-corrected chi connectivity index (χ2v) is 3.28. The fourth-order valence-electron chi connectivity index (χ4n) is 1.21. The van der Waals surface area contributed by atoms with Crippen LogP contribution in [0.2, 0.25) is 0 Å². The van der Waals surface area contributed by atoms with Gasteiger partial charge in [0, 0.05) is 13.0 Å². The third kappa shape index (κ3) is 3.36. The van der Waals surface area contributed by atoms with E-state index in [2.05, 4.69) is 4.99 Å². The number of hydrogen-bond donors (Lipinski definition) is 0. The zero-order chi connectivity index (χ0) is 10.6. The van der Waals surface area contributed by atoms with E-state index in [1.165, 1.54) is 7.05 Å². The van der Waals surface area contributed by atoms with E-state index in [1.54, 1.807) is 6.92 Å². The molecule has 1 unspecified atom stereocenters. The van der Waals surface area contributed by atoms with Crippen molar-refractivity contribution in [2.24, 2.45) is 16.8 Å². The van der Waals surface area contributed by atoms with Crippen LogP contribution in [0.3, 0.4) is 0 Å². The van der Waals surface area contributed by atoms with Gasteiger partial charge in [-0.3, -0.25) is 4.99 Å². The highest BCUT2D eigenvalue weighted by Crippen LogP contribution is 2.27. The Morgan fingerprint density at radius 1 is 1.31 bits per heavy atom. The minimum Gasteiger partial charge on any atom is -0.288 e. The Balaban J connectivity index is 4.62. The zero-order valence-corrected chi connectivity index (χ0v) is 8.44. The molecule has 78 valence electrons. The van der Waals surface area contributed by atoms with E-state index < -0.39 is 17.8 Å². The average molecular weight is 195 g/mol. The van der Waals surface area contributed by atoms with Crippen LogP contribution in [0, 0.1) is 11.8 Å². The smallest absolute Gasteiger partial charge is 0.288 e. The van der Waals surface area contributed by atoms with Gasteiger partial charge >= 0.3 is 6.18 Å². The van der Waals surface area contributed by atoms with Crippen LogP contribution < -0.4 is 0 Å². The number of nitrogens with zero attached hydrogens (tertiary/aromatic N) is 1. The van der Waals surface area contributed by atoms with Crippen molar-refractivity contribution in [3.63, 3.8) is 0 Å². The number of hydrogen-bond acceptors (Lipinski definition) is 1. The molecular formula is C9H16F3N. The van der Waals surface area contributed by atoms with Gasteiger partial charge in [0.25, 0.3) is 0 Å². The Hall–Kier alpha value is -0.540. The second kappa shape index (κ2) is 4.63. The summed E-state index contributed by atoms with van der Waals surface area (Å²) in [7, 11) is 1.20. The summed E-state index contributed by atoms with van der Waals surface area (Å²) in [5.41, 5.74) is -0.651. The number of rotatable bonds is 3. The topological polar surface area (TPSA) is 12.4 Å². The minimum absolute atomic E-state index is 0.0142. The van der Waals surface area contributed by atoms with Crippen LogP contribution in [0.4, 0.5) is 13.2 Å². The largest absolute Gasteiger partial charge is 0.429 e. The molecule has 0 aromatic carbocycles. The van der Waals surface area contributed by atoms with Crippen LogP contribution in [0.5, 0.6) is 0 Å². The maximum atomic E-state index is 12.3. The second-order valence-electron chi connectivity index (χ2n) is 3.28. The highest BCUT2D eigenvalue weighted by molar-refractivity contribution is 5.91. The molecule has 0 aliphatic rings. The Morgan fingerprint density at radius 2 is 1.77 bits per heavy atom. The highest BCUT2D eigenvalue weighted by Gasteiger charge is 2.39. The standard InChI is InChI=1S/C9H16F3N/c1-5-6(2)7(3)8(13-4)9(10,11)12/h6-7H,5H2,1-4H3/t6?,7-/m1/s1. The van der Waals surface area contributed by atoms with Gasteiger partial charge in [-0.25, -0.2) is 0 Å². The van der Waals surface area contributed by atoms with Gasteiger partial charge in [0.15, 0.2) is 0 Å². The maximum Gasteiger partial charge on any atom is 0.429 e. The van der Waals surface area contributed by atoms with E-state index in [-0.39, 0.29) is 5.92 Å². The van der Waals surface area contributed by atoms with E-state index in [4.69, 9.17) is 0 Å². The molecule has 0 aliphatic heterocycles. The van der Waals surface area contributed by atoms with E-state index in [1.807, 2.05) is 13.8 Å². The number of halogens is 3. The molecule has 0 heterocycles. The summed E-state index contributed by atoms with van der Waals surface area (Å²) in [6.07, 6.45) is -3.55. The van der Waals surface area contributed by atoms with Crippen molar-refractivity contribution >= 4 is 5.71 Å². The molecule has 0 saturated heterocycles. The molecule has 4 heteroatoms. The van der Waals surface area contributed by atoms with Gasteiger partial charge in [-0.2, -0.15) is 13.2 Å². The summed E-state index contributed by atoms with van der Waals surface area (Å²) >= 11 is 0. The fraction of sp³-hybridized carbons (Fsp3) is 0.889. The van der Waals surface area contributed by atoms with Gasteiger partial charge in [-0.05, 0) is 5.92 Å². The molecule has 0 aliphatic carbocycles. The minimum atomic E-state index is -4.28. The Labute approximate surface area is 77.1 Å². The molecule has 1 nitrogen and oxygen atoms in total. The summed E-state index contributed by atoms with van der Waals surface area (Å²) in [6.45, 7) is 5.26. The predicted octanol–water partition coefficient (Wildman–Crippen LogP) is 3.30. The lowest BCUT2D eigenvalue weighted by Crippen LogP contribution is -2.32. The van der Waals surface area contributed by atoms with Crippen molar-refractivity contribution in [1.29, 1.82) is 0 Å². The summed E-state index contributed by atoms with van der Waals surface area (Å²) in [6, 6.07) is 0. The lowest BCUT2D eigenvalue weighted by Gasteiger charge is -2.21. The van der Waals surface area contributed by atoms with Gasteiger partial charge in [0.1, 0.15) is 5.71 Å². The Morgan fingerprint density at radius 3 is 2.00 bits per heavy atom. The van der Waals surface area contributed by atoms with Gasteiger partial charge in [0.05, 0.1) is 0 Å². The molecule has 0 aromatic rings. The third-order valence-corrected chi connectivity index (χ3v) is 2.46. The zero-order valence-electron chi connectivity index (χ0n) is 8.44. The molecule has 0 rings (SSSR count). The van der Waals surface area contributed by atoms with Crippen molar-refractivity contribution in [3.05, 3.63) is 0 Å². The lowest BCUT2D eigenvalue weighted by atomic mass is 9.89. The number of aliphatic imine (C=N–C) groups is 1. The van der Waals surface area contributed by atoms with Gasteiger partial charge in [-0.1, -0.05) is 27.2 Å². The molecule has 0 aromatic heterocycles. The first-order valence-electron chi connectivity index (χ1n) is 4.38. The SMILES string of the molecule is CCC(C)[C@@H](C)C(=NC)C(F)(F)F. The van der Waals surface area contributed by atoms with Crippen LogP contribution in [0.25, 0.3) is 0 Å². The highest BCUT2D eigenvalue weighted by atomic mass is 19.4. The van der Waals surface area contributed by atoms with Crippen LogP contribution in [0.1, 0.15) is 27.2 Å². The van der Waals surface area contributed by atoms with Gasteiger partial charge < -0.3 is 0 Å². The Bertz CT molecular complexity index is 184. The van der Waals surface area contributed by atoms with Crippen molar-refractivity contribution in [2.75, 3.05) is 7.05 Å². The molecule has 13 heavy (non-hydrogen) atoms. The van der Waals surface area contributed by atoms with Crippen LogP contribution in [-0.4, -0.2) is 18.9 Å². The van der Waals surface area contributed by atoms with E-state index >= 15 is 0 Å². The molecule has 0 radical (unpaired) electrons. The van der Waals surface area contributed by atoms with Crippen LogP contribution in [-0.2, 0) is 0 Å². The summed E-state index contributed by atoms with van der Waals surface area (Å²) < 4.78 is 37.0. The molecule has 2 atom stereocenters. The predicted molar refractivity (Wildman–Crippen MR) is 48.0 cm³/mol. The normalized spacial score (nSPS) is 18.5. The average Bonchev–Trinajstić information content (AvgIpc) is 2.01. The monoisotopic (exact) mass is 195 g/mol. The van der Waals surface area contributed by atoms with Gasteiger partial charge in [0.2, 0.25) is 0 Å². The van der Waals surface area contributed by atoms with Crippen molar-refractivity contribution in [2.45, 2.75) is 33.4 Å². The van der Waals surface area contributed by atoms with E-state index in [0.717, 1.165) is 6.42 Å². The summed E-state index contributed by atoms with van der Waals surface area (Å²) in [4.78, 5) is 3.32. The molecule has 0 fully saturated rings. The molecular weight excluding hydrogens is 179 g/mol. The first-order chi connectivity index (χ1) is 5.84. The van der Waals surface area contributed by atoms with Crippen LogP contribution >= 0.6 is 0 Å². The molecule has 0 spiro atoms. The van der Waals surface area contributed by atoms with Crippen molar-refractivity contribution < 1.29 is 13.2 Å². The molecule has 0 bridgehead atoms. The summed E-state index contributed by atoms with van der Waals surface area (Å²) in [5.74, 6) is -0.504. The van der Waals surface area contributed by atoms with Gasteiger partial charge in [-0.15, -0.1) is 0 Å². The summed E-state index contributed by atoms with van der Waals surface area (Å²) in [5, 5.41) is 0. The molecule has 0 saturated carbocycles. The van der Waals surface area contributed by atoms with E-state index in [0.29, 0.717) is 0 Å². The lowest BCUT2D eigenvalue weighted by molar-refractivity contribution is -0.0638. The van der Waals surface area contributed by atoms with E-state index in [9.17, 15) is 13.2 Å². The fourth-order valence-corrected chi connectivity index (χ4v) is 1.21. The molecule has 0 amide bonds. The van der Waals surface area contributed by atoms with Crippen molar-refractivity contribution in [3.8, 4) is 0 Å². The van der Waals surface area contributed by atoms with Crippen LogP contribution in [0.15, 0.2) is 4.99 Å². The Kier molecular flexibility index (Phi) is 4.44. The first kappa shape index (κ1) is 12.5. The first-order valence-corrected chi connectivity index (χ1v) is 4.38. The quantitative estimate of drug-likeness (QED) is 0.613. The third-order valence-electron chi connectivity index (χ3n) is 2.46. The number of alkyl halides is 3. The molecule has 0 N–H and O–H groups in total. The van der Waals surface area contributed by atoms with Crippen molar-refractivity contribution in [1.82, 2.24) is 0 Å². The maximum absolute atomic E-state index is 12.3.